The van der Waals surface area contributed by atoms with Gasteiger partial charge in [-0.15, -0.1) is 0 Å². The number of rotatable bonds is 14. The van der Waals surface area contributed by atoms with Crippen molar-refractivity contribution in [3.63, 3.8) is 0 Å². The first-order valence-corrected chi connectivity index (χ1v) is 14.7. The molecule has 0 bridgehead atoms. The van der Waals surface area contributed by atoms with Gasteiger partial charge in [-0.2, -0.15) is 0 Å². The molecular weight excluding hydrogens is 533 g/mol. The number of ether oxygens (including phenoxy) is 1. The van der Waals surface area contributed by atoms with Crippen LogP contribution in [0.1, 0.15) is 42.0 Å². The summed E-state index contributed by atoms with van der Waals surface area (Å²) >= 11 is 0. The third-order valence-electron chi connectivity index (χ3n) is 6.63. The second kappa shape index (κ2) is 13.6. The van der Waals surface area contributed by atoms with Crippen LogP contribution in [0.2, 0.25) is 0 Å². The summed E-state index contributed by atoms with van der Waals surface area (Å²) in [6.07, 6.45) is 2.13. The summed E-state index contributed by atoms with van der Waals surface area (Å²) in [6.45, 7) is 0.698. The molecule has 0 heterocycles. The van der Waals surface area contributed by atoms with Crippen molar-refractivity contribution in [3.8, 4) is 0 Å². The molecule has 0 aromatic heterocycles. The molecule has 2 N–H and O–H groups in total. The van der Waals surface area contributed by atoms with E-state index in [4.69, 9.17) is 4.74 Å². The first-order valence-electron chi connectivity index (χ1n) is 13.2. The number of hydrogen-bond donors (Lipinski definition) is 2. The Labute approximate surface area is 234 Å². The van der Waals surface area contributed by atoms with Crippen LogP contribution in [0.5, 0.6) is 0 Å². The van der Waals surface area contributed by atoms with Crippen molar-refractivity contribution in [2.24, 2.45) is 0 Å². The predicted molar refractivity (Wildman–Crippen MR) is 149 cm³/mol. The Morgan fingerprint density at radius 3 is 2.25 bits per heavy atom. The van der Waals surface area contributed by atoms with Crippen LogP contribution in [0, 0.1) is 5.82 Å². The second-order valence-electron chi connectivity index (χ2n) is 9.78. The Balaban J connectivity index is 1.54. The highest BCUT2D eigenvalue weighted by Crippen LogP contribution is 2.26. The average Bonchev–Trinajstić information content (AvgIpc) is 3.77. The van der Waals surface area contributed by atoms with Gasteiger partial charge >= 0.3 is 0 Å². The lowest BCUT2D eigenvalue weighted by Crippen LogP contribution is -2.44. The minimum Gasteiger partial charge on any atom is -0.383 e. The third kappa shape index (κ3) is 8.20. The number of benzene rings is 3. The van der Waals surface area contributed by atoms with Crippen molar-refractivity contribution >= 4 is 21.8 Å². The van der Waals surface area contributed by atoms with E-state index in [2.05, 4.69) is 10.0 Å². The molecule has 3 aromatic rings. The lowest BCUT2D eigenvalue weighted by Gasteiger charge is -2.32. The molecule has 40 heavy (non-hydrogen) atoms. The molecule has 8 nitrogen and oxygen atoms in total. The van der Waals surface area contributed by atoms with E-state index < -0.39 is 21.9 Å². The summed E-state index contributed by atoms with van der Waals surface area (Å²) in [5, 5.41) is 2.84. The lowest BCUT2D eigenvalue weighted by molar-refractivity contribution is -0.141. The molecule has 0 spiro atoms. The van der Waals surface area contributed by atoms with Crippen LogP contribution in [0.4, 0.5) is 4.39 Å². The minimum absolute atomic E-state index is 0.0126. The monoisotopic (exact) mass is 567 g/mol. The number of methoxy groups -OCH3 is 1. The van der Waals surface area contributed by atoms with Gasteiger partial charge in [0.05, 0.1) is 11.5 Å². The molecule has 1 fully saturated rings. The Bertz CT molecular complexity index is 1380. The molecule has 212 valence electrons. The fourth-order valence-corrected chi connectivity index (χ4v) is 5.61. The van der Waals surface area contributed by atoms with Gasteiger partial charge in [0.2, 0.25) is 21.8 Å². The van der Waals surface area contributed by atoms with E-state index in [1.54, 1.807) is 48.5 Å². The van der Waals surface area contributed by atoms with Crippen LogP contribution in [-0.2, 0) is 37.3 Å². The summed E-state index contributed by atoms with van der Waals surface area (Å²) in [5.41, 5.74) is 2.12. The average molecular weight is 568 g/mol. The van der Waals surface area contributed by atoms with Gasteiger partial charge in [-0.25, -0.2) is 17.5 Å². The maximum atomic E-state index is 13.7. The Hall–Kier alpha value is -3.60. The summed E-state index contributed by atoms with van der Waals surface area (Å²) in [6, 6.07) is 20.4. The zero-order valence-corrected chi connectivity index (χ0v) is 23.2. The number of carbonyl (C=O) groups is 2. The summed E-state index contributed by atoms with van der Waals surface area (Å²) in [4.78, 5) is 28.8. The van der Waals surface area contributed by atoms with Crippen molar-refractivity contribution in [2.75, 3.05) is 20.3 Å². The van der Waals surface area contributed by atoms with E-state index >= 15 is 0 Å². The van der Waals surface area contributed by atoms with Crippen LogP contribution in [0.15, 0.2) is 83.8 Å². The smallest absolute Gasteiger partial charge is 0.247 e. The van der Waals surface area contributed by atoms with Gasteiger partial charge in [0, 0.05) is 32.7 Å². The highest BCUT2D eigenvalue weighted by molar-refractivity contribution is 7.89. The predicted octanol–water partition coefficient (Wildman–Crippen LogP) is 3.73. The fourth-order valence-electron chi connectivity index (χ4n) is 4.31. The number of hydrogen-bond acceptors (Lipinski definition) is 5. The van der Waals surface area contributed by atoms with Gasteiger partial charge in [0.15, 0.2) is 0 Å². The zero-order chi connectivity index (χ0) is 28.5. The van der Waals surface area contributed by atoms with Crippen molar-refractivity contribution in [3.05, 3.63) is 101 Å². The van der Waals surface area contributed by atoms with E-state index in [1.807, 2.05) is 6.07 Å². The molecule has 2 amide bonds. The van der Waals surface area contributed by atoms with E-state index in [0.717, 1.165) is 18.4 Å². The number of aryl methyl sites for hydroxylation is 1. The third-order valence-corrected chi connectivity index (χ3v) is 8.16. The number of amides is 2. The molecule has 0 radical (unpaired) electrons. The molecule has 0 saturated heterocycles. The molecule has 1 aliphatic carbocycles. The zero-order valence-electron chi connectivity index (χ0n) is 22.4. The van der Waals surface area contributed by atoms with Crippen LogP contribution in [-0.4, -0.2) is 51.4 Å². The Morgan fingerprint density at radius 2 is 1.62 bits per heavy atom. The SMILES string of the molecule is COCCNC(=O)C(c1ccccc1)N(Cc1ccc(F)cc1)C(=O)CCc1ccc(S(=O)(=O)NC2CC2)cc1. The first-order chi connectivity index (χ1) is 19.3. The van der Waals surface area contributed by atoms with E-state index in [9.17, 15) is 22.4 Å². The highest BCUT2D eigenvalue weighted by atomic mass is 32.2. The topological polar surface area (TPSA) is 105 Å². The molecule has 1 aliphatic rings. The number of sulfonamides is 1. The first kappa shape index (κ1) is 29.4. The Kier molecular flexibility index (Phi) is 10.0. The van der Waals surface area contributed by atoms with Crippen LogP contribution < -0.4 is 10.0 Å². The van der Waals surface area contributed by atoms with E-state index in [-0.39, 0.29) is 42.3 Å². The summed E-state index contributed by atoms with van der Waals surface area (Å²) < 4.78 is 46.2. The van der Waals surface area contributed by atoms with Gasteiger partial charge in [-0.3, -0.25) is 9.59 Å². The summed E-state index contributed by atoms with van der Waals surface area (Å²) in [5.74, 6) is -1.01. The van der Waals surface area contributed by atoms with Crippen LogP contribution in [0.3, 0.4) is 0 Å². The molecule has 0 aliphatic heterocycles. The minimum atomic E-state index is -3.56. The lowest BCUT2D eigenvalue weighted by atomic mass is 10.0. The van der Waals surface area contributed by atoms with Crippen molar-refractivity contribution in [1.29, 1.82) is 0 Å². The Morgan fingerprint density at radius 1 is 0.975 bits per heavy atom. The van der Waals surface area contributed by atoms with E-state index in [0.29, 0.717) is 24.2 Å². The maximum absolute atomic E-state index is 13.7. The van der Waals surface area contributed by atoms with Crippen molar-refractivity contribution in [1.82, 2.24) is 14.9 Å². The van der Waals surface area contributed by atoms with Gasteiger partial charge in [-0.05, 0) is 60.2 Å². The number of halogens is 1. The van der Waals surface area contributed by atoms with Crippen LogP contribution in [0.25, 0.3) is 0 Å². The largest absolute Gasteiger partial charge is 0.383 e. The summed E-state index contributed by atoms with van der Waals surface area (Å²) in [7, 11) is -2.02. The van der Waals surface area contributed by atoms with Gasteiger partial charge < -0.3 is 15.0 Å². The number of nitrogens with one attached hydrogen (secondary N) is 2. The van der Waals surface area contributed by atoms with Gasteiger partial charge in [0.25, 0.3) is 0 Å². The molecule has 10 heteroatoms. The van der Waals surface area contributed by atoms with Gasteiger partial charge in [-0.1, -0.05) is 54.6 Å². The van der Waals surface area contributed by atoms with Crippen LogP contribution >= 0.6 is 0 Å². The quantitative estimate of drug-likeness (QED) is 0.289. The molecule has 3 aromatic carbocycles. The van der Waals surface area contributed by atoms with Gasteiger partial charge in [0.1, 0.15) is 11.9 Å². The molecule has 1 atom stereocenters. The molecule has 1 saturated carbocycles. The normalized spacial score (nSPS) is 13.9. The second-order valence-corrected chi connectivity index (χ2v) is 11.5. The van der Waals surface area contributed by atoms with Crippen molar-refractivity contribution < 1.29 is 27.1 Å². The maximum Gasteiger partial charge on any atom is 0.247 e. The fraction of sp³-hybridized carbons (Fsp3) is 0.333. The molecule has 1 unspecified atom stereocenters. The van der Waals surface area contributed by atoms with E-state index in [1.165, 1.54) is 36.3 Å². The number of nitrogens with zero attached hydrogens (tertiary/aromatic N) is 1. The molecular formula is C30H34FN3O5S. The number of carbonyl (C=O) groups excluding carboxylic acids is 2. The molecule has 4 rings (SSSR count). The highest BCUT2D eigenvalue weighted by Gasteiger charge is 2.31. The van der Waals surface area contributed by atoms with Crippen molar-refractivity contribution in [2.45, 2.75) is 49.2 Å². The standard InChI is InChI=1S/C30H34FN3O5S/c1-39-20-19-32-30(36)29(24-5-3-2-4-6-24)34(21-23-7-12-25(31)13-8-23)28(35)18-11-22-9-16-27(17-10-22)40(37,38)33-26-14-15-26/h2-10,12-13,16-17,26,29,33H,11,14-15,18-21H2,1H3,(H,32,36).